The van der Waals surface area contributed by atoms with Crippen molar-refractivity contribution in [2.75, 3.05) is 11.9 Å². The molecule has 0 unspecified atom stereocenters. The molecule has 138 valence electrons. The number of carbonyl (C=O) groups is 1. The third kappa shape index (κ3) is 5.49. The molecule has 7 heteroatoms. The van der Waals surface area contributed by atoms with Crippen LogP contribution in [0, 0.1) is 5.82 Å². The predicted octanol–water partition coefficient (Wildman–Crippen LogP) is 3.85. The first kappa shape index (κ1) is 18.8. The first-order valence-electron chi connectivity index (χ1n) is 8.44. The van der Waals surface area contributed by atoms with Crippen LogP contribution in [-0.4, -0.2) is 22.4 Å². The number of halogens is 2. The van der Waals surface area contributed by atoms with Crippen LogP contribution in [0.2, 0.25) is 5.02 Å². The summed E-state index contributed by atoms with van der Waals surface area (Å²) in [6.45, 7) is 0.861. The lowest BCUT2D eigenvalue weighted by Crippen LogP contribution is -2.24. The van der Waals surface area contributed by atoms with Crippen LogP contribution < -0.4 is 10.6 Å². The van der Waals surface area contributed by atoms with Gasteiger partial charge in [0.05, 0.1) is 0 Å². The highest BCUT2D eigenvalue weighted by Gasteiger charge is 2.09. The van der Waals surface area contributed by atoms with Gasteiger partial charge in [-0.2, -0.15) is 0 Å². The van der Waals surface area contributed by atoms with E-state index in [1.54, 1.807) is 36.4 Å². The molecule has 0 aliphatic carbocycles. The van der Waals surface area contributed by atoms with Crippen molar-refractivity contribution in [1.29, 1.82) is 0 Å². The van der Waals surface area contributed by atoms with Crippen molar-refractivity contribution in [3.63, 3.8) is 0 Å². The van der Waals surface area contributed by atoms with Crippen molar-refractivity contribution >= 4 is 23.3 Å². The number of nitrogens with one attached hydrogen (secondary N) is 2. The summed E-state index contributed by atoms with van der Waals surface area (Å²) in [5, 5.41) is 6.53. The highest BCUT2D eigenvalue weighted by molar-refractivity contribution is 6.30. The van der Waals surface area contributed by atoms with E-state index in [0.717, 1.165) is 5.56 Å². The zero-order valence-electron chi connectivity index (χ0n) is 14.5. The molecule has 2 aromatic carbocycles. The highest BCUT2D eigenvalue weighted by Crippen LogP contribution is 2.10. The van der Waals surface area contributed by atoms with Crippen molar-refractivity contribution in [3.8, 4) is 0 Å². The summed E-state index contributed by atoms with van der Waals surface area (Å²) in [6, 6.07) is 15.4. The Bertz CT molecular complexity index is 918. The molecule has 0 radical (unpaired) electrons. The molecule has 2 N–H and O–H groups in total. The Hall–Kier alpha value is -2.99. The first-order valence-corrected chi connectivity index (χ1v) is 8.81. The molecule has 0 aliphatic heterocycles. The number of anilines is 1. The minimum absolute atomic E-state index is 0.232. The van der Waals surface area contributed by atoms with Gasteiger partial charge in [0.1, 0.15) is 23.7 Å². The Kier molecular flexibility index (Phi) is 6.33. The monoisotopic (exact) mass is 384 g/mol. The van der Waals surface area contributed by atoms with Crippen LogP contribution in [0.3, 0.4) is 0 Å². The maximum absolute atomic E-state index is 13.6. The zero-order valence-corrected chi connectivity index (χ0v) is 15.2. The standard InChI is InChI=1S/C20H18ClFN4O/c21-16-7-5-14(6-8-16)12-24-20(27)18-11-19(26-13-25-18)23-10-9-15-3-1-2-4-17(15)22/h1-8,11,13H,9-10,12H2,(H,24,27)(H,23,25,26). The second-order valence-electron chi connectivity index (χ2n) is 5.87. The molecular weight excluding hydrogens is 367 g/mol. The van der Waals surface area contributed by atoms with Gasteiger partial charge in [-0.1, -0.05) is 41.9 Å². The fourth-order valence-corrected chi connectivity index (χ4v) is 2.61. The van der Waals surface area contributed by atoms with E-state index < -0.39 is 0 Å². The molecule has 0 spiro atoms. The van der Waals surface area contributed by atoms with Gasteiger partial charge in [0.25, 0.3) is 5.91 Å². The van der Waals surface area contributed by atoms with Crippen LogP contribution in [0.15, 0.2) is 60.9 Å². The minimum Gasteiger partial charge on any atom is -0.370 e. The number of aromatic nitrogens is 2. The predicted molar refractivity (Wildman–Crippen MR) is 103 cm³/mol. The normalized spacial score (nSPS) is 10.4. The van der Waals surface area contributed by atoms with Crippen LogP contribution in [0.4, 0.5) is 10.2 Å². The van der Waals surface area contributed by atoms with E-state index in [9.17, 15) is 9.18 Å². The van der Waals surface area contributed by atoms with Crippen LogP contribution in [0.25, 0.3) is 0 Å². The molecule has 0 aliphatic rings. The highest BCUT2D eigenvalue weighted by atomic mass is 35.5. The van der Waals surface area contributed by atoms with Crippen molar-refractivity contribution in [2.45, 2.75) is 13.0 Å². The molecule has 3 rings (SSSR count). The molecule has 0 fully saturated rings. The third-order valence-corrected chi connectivity index (χ3v) is 4.18. The van der Waals surface area contributed by atoms with E-state index in [0.29, 0.717) is 35.9 Å². The second-order valence-corrected chi connectivity index (χ2v) is 6.30. The molecule has 5 nitrogen and oxygen atoms in total. The maximum Gasteiger partial charge on any atom is 0.270 e. The van der Waals surface area contributed by atoms with E-state index in [1.807, 2.05) is 12.1 Å². The van der Waals surface area contributed by atoms with E-state index in [-0.39, 0.29) is 17.4 Å². The molecule has 0 bridgehead atoms. The number of hydrogen-bond donors (Lipinski definition) is 2. The molecule has 0 atom stereocenters. The Labute approximate surface area is 161 Å². The summed E-state index contributed by atoms with van der Waals surface area (Å²) in [5.41, 5.74) is 1.82. The summed E-state index contributed by atoms with van der Waals surface area (Å²) in [7, 11) is 0. The quantitative estimate of drug-likeness (QED) is 0.649. The van der Waals surface area contributed by atoms with Crippen LogP contribution in [0.5, 0.6) is 0 Å². The topological polar surface area (TPSA) is 66.9 Å². The molecule has 3 aromatic rings. The summed E-state index contributed by atoms with van der Waals surface area (Å²) < 4.78 is 13.6. The van der Waals surface area contributed by atoms with Crippen molar-refractivity contribution in [1.82, 2.24) is 15.3 Å². The summed E-state index contributed by atoms with van der Waals surface area (Å²) >= 11 is 5.85. The van der Waals surface area contributed by atoms with Gasteiger partial charge in [0.2, 0.25) is 0 Å². The Balaban J connectivity index is 1.53. The van der Waals surface area contributed by atoms with Crippen molar-refractivity contribution < 1.29 is 9.18 Å². The smallest absolute Gasteiger partial charge is 0.270 e. The van der Waals surface area contributed by atoms with Crippen LogP contribution in [-0.2, 0) is 13.0 Å². The lowest BCUT2D eigenvalue weighted by atomic mass is 10.1. The summed E-state index contributed by atoms with van der Waals surface area (Å²) in [6.07, 6.45) is 1.83. The van der Waals surface area contributed by atoms with E-state index >= 15 is 0 Å². The van der Waals surface area contributed by atoms with Gasteiger partial charge in [-0.25, -0.2) is 14.4 Å². The lowest BCUT2D eigenvalue weighted by Gasteiger charge is -2.08. The fourth-order valence-electron chi connectivity index (χ4n) is 2.48. The first-order chi connectivity index (χ1) is 13.1. The fraction of sp³-hybridized carbons (Fsp3) is 0.150. The average molecular weight is 385 g/mol. The molecule has 1 amide bonds. The van der Waals surface area contributed by atoms with E-state index in [2.05, 4.69) is 20.6 Å². The molecule has 0 saturated carbocycles. The Morgan fingerprint density at radius 3 is 2.63 bits per heavy atom. The van der Waals surface area contributed by atoms with E-state index in [4.69, 9.17) is 11.6 Å². The number of rotatable bonds is 7. The molecule has 1 heterocycles. The van der Waals surface area contributed by atoms with Gasteiger partial charge >= 0.3 is 0 Å². The SMILES string of the molecule is O=C(NCc1ccc(Cl)cc1)c1cc(NCCc2ccccc2F)ncn1. The lowest BCUT2D eigenvalue weighted by molar-refractivity contribution is 0.0946. The molecular formula is C20H18ClFN4O. The van der Waals surface area contributed by atoms with Crippen molar-refractivity contribution in [3.05, 3.63) is 88.6 Å². The summed E-state index contributed by atoms with van der Waals surface area (Å²) in [5.74, 6) is -0.0215. The van der Waals surface area contributed by atoms with Gasteiger partial charge < -0.3 is 10.6 Å². The average Bonchev–Trinajstić information content (AvgIpc) is 2.69. The van der Waals surface area contributed by atoms with Gasteiger partial charge in [-0.3, -0.25) is 4.79 Å². The van der Waals surface area contributed by atoms with Gasteiger partial charge in [0, 0.05) is 24.2 Å². The Morgan fingerprint density at radius 2 is 1.85 bits per heavy atom. The third-order valence-electron chi connectivity index (χ3n) is 3.92. The largest absolute Gasteiger partial charge is 0.370 e. The van der Waals surface area contributed by atoms with Crippen LogP contribution in [0.1, 0.15) is 21.6 Å². The van der Waals surface area contributed by atoms with Crippen molar-refractivity contribution in [2.24, 2.45) is 0 Å². The number of hydrogen-bond acceptors (Lipinski definition) is 4. The van der Waals surface area contributed by atoms with E-state index in [1.165, 1.54) is 12.4 Å². The second kappa shape index (κ2) is 9.09. The number of amides is 1. The van der Waals surface area contributed by atoms with Gasteiger partial charge in [0.15, 0.2) is 0 Å². The molecule has 27 heavy (non-hydrogen) atoms. The summed E-state index contributed by atoms with van der Waals surface area (Å²) in [4.78, 5) is 20.4. The molecule has 1 aromatic heterocycles. The number of carbonyl (C=O) groups excluding carboxylic acids is 1. The molecule has 0 saturated heterocycles. The Morgan fingerprint density at radius 1 is 1.07 bits per heavy atom. The van der Waals surface area contributed by atoms with Gasteiger partial charge in [-0.15, -0.1) is 0 Å². The maximum atomic E-state index is 13.6. The zero-order chi connectivity index (χ0) is 19.1. The minimum atomic E-state index is -0.301. The number of benzene rings is 2. The number of nitrogens with zero attached hydrogens (tertiary/aromatic N) is 2. The van der Waals surface area contributed by atoms with Crippen LogP contribution >= 0.6 is 11.6 Å². The van der Waals surface area contributed by atoms with Gasteiger partial charge in [-0.05, 0) is 35.7 Å².